The Balaban J connectivity index is 1.55. The molecule has 0 spiro atoms. The van der Waals surface area contributed by atoms with Crippen molar-refractivity contribution in [3.05, 3.63) is 64.2 Å². The van der Waals surface area contributed by atoms with E-state index in [0.29, 0.717) is 38.4 Å². The molecule has 0 atom stereocenters. The molecule has 0 saturated carbocycles. The van der Waals surface area contributed by atoms with Gasteiger partial charge in [0.2, 0.25) is 5.91 Å². The van der Waals surface area contributed by atoms with Crippen molar-refractivity contribution in [3.63, 3.8) is 0 Å². The van der Waals surface area contributed by atoms with Gasteiger partial charge in [0, 0.05) is 56.2 Å². The molecule has 1 aliphatic heterocycles. The summed E-state index contributed by atoms with van der Waals surface area (Å²) in [6, 6.07) is 14.6. The summed E-state index contributed by atoms with van der Waals surface area (Å²) in [6.07, 6.45) is 0.798. The summed E-state index contributed by atoms with van der Waals surface area (Å²) in [6.45, 7) is 4.11. The summed E-state index contributed by atoms with van der Waals surface area (Å²) in [5, 5.41) is 14.5. The van der Waals surface area contributed by atoms with Gasteiger partial charge in [0.05, 0.1) is 4.92 Å². The maximum absolute atomic E-state index is 12.5. The van der Waals surface area contributed by atoms with Crippen molar-refractivity contribution in [2.75, 3.05) is 43.4 Å². The van der Waals surface area contributed by atoms with Crippen LogP contribution in [0.2, 0.25) is 0 Å². The maximum Gasteiger partial charge on any atom is 0.293 e. The van der Waals surface area contributed by atoms with Crippen LogP contribution in [0.15, 0.2) is 53.4 Å². The highest BCUT2D eigenvalue weighted by atomic mass is 32.2. The summed E-state index contributed by atoms with van der Waals surface area (Å²) < 4.78 is 0. The zero-order chi connectivity index (χ0) is 22.2. The van der Waals surface area contributed by atoms with Crippen molar-refractivity contribution >= 4 is 35.0 Å². The van der Waals surface area contributed by atoms with Gasteiger partial charge in [0.25, 0.3) is 11.6 Å². The van der Waals surface area contributed by atoms with Gasteiger partial charge in [-0.3, -0.25) is 19.7 Å². The second-order valence-electron chi connectivity index (χ2n) is 7.22. The highest BCUT2D eigenvalue weighted by molar-refractivity contribution is 7.99. The van der Waals surface area contributed by atoms with Crippen molar-refractivity contribution < 1.29 is 14.5 Å². The lowest BCUT2D eigenvalue weighted by molar-refractivity contribution is -0.384. The molecule has 2 aromatic rings. The van der Waals surface area contributed by atoms with Crippen LogP contribution in [0.4, 0.5) is 11.4 Å². The van der Waals surface area contributed by atoms with Crippen LogP contribution in [0, 0.1) is 10.1 Å². The van der Waals surface area contributed by atoms with Crippen LogP contribution < -0.4 is 10.2 Å². The van der Waals surface area contributed by atoms with Crippen LogP contribution in [-0.4, -0.2) is 60.1 Å². The van der Waals surface area contributed by atoms with Crippen molar-refractivity contribution in [3.8, 4) is 0 Å². The van der Waals surface area contributed by atoms with Gasteiger partial charge in [0.1, 0.15) is 5.69 Å². The Bertz CT molecular complexity index is 930. The molecule has 0 unspecified atom stereocenters. The number of anilines is 1. The maximum atomic E-state index is 12.5. The molecule has 0 bridgehead atoms. The standard InChI is InChI=1S/C22H26N4O4S/c1-17(27)24-11-13-25(14-12-24)20-9-8-18(16-21(20)26(29)30)22(28)23-10-5-15-31-19-6-3-2-4-7-19/h2-4,6-9,16H,5,10-15H2,1H3,(H,23,28). The first-order valence-electron chi connectivity index (χ1n) is 10.2. The summed E-state index contributed by atoms with van der Waals surface area (Å²) in [7, 11) is 0. The average molecular weight is 443 g/mol. The molecular formula is C22H26N4O4S. The number of hydrogen-bond acceptors (Lipinski definition) is 6. The number of nitro benzene ring substituents is 1. The first-order valence-corrected chi connectivity index (χ1v) is 11.2. The predicted octanol–water partition coefficient (Wildman–Crippen LogP) is 3.18. The quantitative estimate of drug-likeness (QED) is 0.292. The number of rotatable bonds is 8. The largest absolute Gasteiger partial charge is 0.362 e. The van der Waals surface area contributed by atoms with Gasteiger partial charge in [-0.2, -0.15) is 0 Å². The first kappa shape index (κ1) is 22.6. The Morgan fingerprint density at radius 1 is 1.10 bits per heavy atom. The van der Waals surface area contributed by atoms with Gasteiger partial charge in [-0.15, -0.1) is 11.8 Å². The zero-order valence-electron chi connectivity index (χ0n) is 17.5. The number of piperazine rings is 1. The number of amides is 2. The minimum absolute atomic E-state index is 0.00309. The molecule has 31 heavy (non-hydrogen) atoms. The third kappa shape index (κ3) is 6.21. The summed E-state index contributed by atoms with van der Waals surface area (Å²) in [5.74, 6) is 0.555. The smallest absolute Gasteiger partial charge is 0.293 e. The minimum atomic E-state index is -0.458. The fourth-order valence-electron chi connectivity index (χ4n) is 3.42. The van der Waals surface area contributed by atoms with E-state index in [2.05, 4.69) is 5.32 Å². The van der Waals surface area contributed by atoms with E-state index in [0.717, 1.165) is 12.2 Å². The van der Waals surface area contributed by atoms with E-state index in [4.69, 9.17) is 0 Å². The Hall–Kier alpha value is -3.07. The monoisotopic (exact) mass is 442 g/mol. The van der Waals surface area contributed by atoms with Crippen molar-refractivity contribution in [2.24, 2.45) is 0 Å². The number of thioether (sulfide) groups is 1. The average Bonchev–Trinajstić information content (AvgIpc) is 2.79. The van der Waals surface area contributed by atoms with E-state index in [1.54, 1.807) is 28.8 Å². The Morgan fingerprint density at radius 2 is 1.81 bits per heavy atom. The fraction of sp³-hybridized carbons (Fsp3) is 0.364. The van der Waals surface area contributed by atoms with Crippen LogP contribution >= 0.6 is 11.8 Å². The lowest BCUT2D eigenvalue weighted by Gasteiger charge is -2.35. The van der Waals surface area contributed by atoms with E-state index in [-0.39, 0.29) is 23.1 Å². The molecule has 1 saturated heterocycles. The van der Waals surface area contributed by atoms with E-state index < -0.39 is 4.92 Å². The Kier molecular flexibility index (Phi) is 7.88. The van der Waals surface area contributed by atoms with E-state index >= 15 is 0 Å². The van der Waals surface area contributed by atoms with E-state index in [1.807, 2.05) is 35.2 Å². The molecule has 1 heterocycles. The third-order valence-corrected chi connectivity index (χ3v) is 6.22. The van der Waals surface area contributed by atoms with Crippen molar-refractivity contribution in [2.45, 2.75) is 18.2 Å². The topological polar surface area (TPSA) is 95.8 Å². The first-order chi connectivity index (χ1) is 15.0. The number of nitro groups is 1. The normalized spacial score (nSPS) is 13.7. The highest BCUT2D eigenvalue weighted by Gasteiger charge is 2.25. The van der Waals surface area contributed by atoms with E-state index in [1.165, 1.54) is 17.9 Å². The molecule has 0 aliphatic carbocycles. The van der Waals surface area contributed by atoms with Gasteiger partial charge in [0.15, 0.2) is 0 Å². The minimum Gasteiger partial charge on any atom is -0.362 e. The molecule has 0 radical (unpaired) electrons. The molecule has 2 amide bonds. The van der Waals surface area contributed by atoms with Crippen molar-refractivity contribution in [1.29, 1.82) is 0 Å². The molecule has 164 valence electrons. The summed E-state index contributed by atoms with van der Waals surface area (Å²) in [5.41, 5.74) is 0.654. The molecule has 1 fully saturated rings. The van der Waals surface area contributed by atoms with Crippen LogP contribution in [0.3, 0.4) is 0 Å². The van der Waals surface area contributed by atoms with Gasteiger partial charge in [-0.25, -0.2) is 0 Å². The Morgan fingerprint density at radius 3 is 2.45 bits per heavy atom. The third-order valence-electron chi connectivity index (χ3n) is 5.12. The van der Waals surface area contributed by atoms with Crippen LogP contribution in [-0.2, 0) is 4.79 Å². The lowest BCUT2D eigenvalue weighted by atomic mass is 10.1. The number of carbonyl (C=O) groups excluding carboxylic acids is 2. The fourth-order valence-corrected chi connectivity index (χ4v) is 4.30. The molecule has 1 N–H and O–H groups in total. The van der Waals surface area contributed by atoms with Gasteiger partial charge in [-0.1, -0.05) is 18.2 Å². The number of benzene rings is 2. The molecular weight excluding hydrogens is 416 g/mol. The second kappa shape index (κ2) is 10.8. The number of carbonyl (C=O) groups is 2. The number of nitrogens with zero attached hydrogens (tertiary/aromatic N) is 3. The van der Waals surface area contributed by atoms with Gasteiger partial charge >= 0.3 is 0 Å². The van der Waals surface area contributed by atoms with Crippen LogP contribution in [0.1, 0.15) is 23.7 Å². The molecule has 8 nitrogen and oxygen atoms in total. The van der Waals surface area contributed by atoms with Gasteiger partial charge in [-0.05, 0) is 36.4 Å². The van der Waals surface area contributed by atoms with Gasteiger partial charge < -0.3 is 15.1 Å². The number of hydrogen-bond donors (Lipinski definition) is 1. The predicted molar refractivity (Wildman–Crippen MR) is 122 cm³/mol. The summed E-state index contributed by atoms with van der Waals surface area (Å²) in [4.78, 5) is 39.9. The van der Waals surface area contributed by atoms with Crippen molar-refractivity contribution in [1.82, 2.24) is 10.2 Å². The number of nitrogens with one attached hydrogen (secondary N) is 1. The Labute approximate surface area is 185 Å². The second-order valence-corrected chi connectivity index (χ2v) is 8.39. The van der Waals surface area contributed by atoms with E-state index in [9.17, 15) is 19.7 Å². The molecule has 0 aromatic heterocycles. The van der Waals surface area contributed by atoms with Crippen LogP contribution in [0.5, 0.6) is 0 Å². The van der Waals surface area contributed by atoms with Crippen LogP contribution in [0.25, 0.3) is 0 Å². The molecule has 2 aromatic carbocycles. The molecule has 9 heteroatoms. The summed E-state index contributed by atoms with van der Waals surface area (Å²) >= 11 is 1.72. The molecule has 1 aliphatic rings. The molecule has 3 rings (SSSR count). The zero-order valence-corrected chi connectivity index (χ0v) is 18.3. The lowest BCUT2D eigenvalue weighted by Crippen LogP contribution is -2.48. The highest BCUT2D eigenvalue weighted by Crippen LogP contribution is 2.30. The SMILES string of the molecule is CC(=O)N1CCN(c2ccc(C(=O)NCCCSc3ccccc3)cc2[N+](=O)[O-])CC1.